The van der Waals surface area contributed by atoms with Crippen LogP contribution < -0.4 is 9.64 Å². The Morgan fingerprint density at radius 3 is 2.07 bits per heavy atom. The zero-order valence-corrected chi connectivity index (χ0v) is 14.9. The Balaban J connectivity index is 1.63. The molecule has 0 atom stereocenters. The molecule has 0 spiro atoms. The predicted molar refractivity (Wildman–Crippen MR) is 102 cm³/mol. The maximum absolute atomic E-state index is 12.8. The average Bonchev–Trinajstić information content (AvgIpc) is 2.94. The van der Waals surface area contributed by atoms with Crippen LogP contribution in [0.25, 0.3) is 0 Å². The van der Waals surface area contributed by atoms with Gasteiger partial charge in [-0.2, -0.15) is 0 Å². The van der Waals surface area contributed by atoms with Gasteiger partial charge in [0.05, 0.1) is 21.7 Å². The number of halogens is 1. The van der Waals surface area contributed by atoms with Crippen LogP contribution in [-0.2, 0) is 0 Å². The number of rotatable bonds is 4. The van der Waals surface area contributed by atoms with Crippen molar-refractivity contribution in [1.82, 2.24) is 0 Å². The number of hydrogen-bond donors (Lipinski definition) is 0. The standard InChI is InChI=1S/C20H11ClN2O5/c21-12-1-7-15(8-2-12)28-16-9-10-17-18(11-16)20(25)22(19(17)24)13-3-5-14(6-4-13)23(26)27/h1-11H. The fourth-order valence-electron chi connectivity index (χ4n) is 2.88. The number of nitrogens with zero attached hydrogens (tertiary/aromatic N) is 2. The van der Waals surface area contributed by atoms with E-state index in [4.69, 9.17) is 16.3 Å². The molecule has 4 rings (SSSR count). The van der Waals surface area contributed by atoms with E-state index in [2.05, 4.69) is 0 Å². The second-order valence-electron chi connectivity index (χ2n) is 5.98. The summed E-state index contributed by atoms with van der Waals surface area (Å²) < 4.78 is 5.71. The fourth-order valence-corrected chi connectivity index (χ4v) is 3.01. The van der Waals surface area contributed by atoms with Crippen LogP contribution in [-0.4, -0.2) is 16.7 Å². The number of anilines is 1. The average molecular weight is 395 g/mol. The van der Waals surface area contributed by atoms with Crippen LogP contribution in [0.3, 0.4) is 0 Å². The highest BCUT2D eigenvalue weighted by molar-refractivity contribution is 6.34. The number of benzene rings is 3. The molecule has 1 aliphatic heterocycles. The van der Waals surface area contributed by atoms with E-state index in [1.165, 1.54) is 36.4 Å². The molecule has 3 aromatic carbocycles. The topological polar surface area (TPSA) is 89.8 Å². The van der Waals surface area contributed by atoms with Gasteiger partial charge in [-0.25, -0.2) is 4.90 Å². The van der Waals surface area contributed by atoms with Gasteiger partial charge in [0.25, 0.3) is 17.5 Å². The molecule has 0 saturated heterocycles. The lowest BCUT2D eigenvalue weighted by Crippen LogP contribution is -2.29. The zero-order chi connectivity index (χ0) is 19.8. The fraction of sp³-hybridized carbons (Fsp3) is 0. The first-order chi connectivity index (χ1) is 13.4. The lowest BCUT2D eigenvalue weighted by Gasteiger charge is -2.13. The number of fused-ring (bicyclic) bond motifs is 1. The summed E-state index contributed by atoms with van der Waals surface area (Å²) in [5, 5.41) is 11.4. The molecule has 1 heterocycles. The van der Waals surface area contributed by atoms with Gasteiger partial charge >= 0.3 is 0 Å². The highest BCUT2D eigenvalue weighted by Gasteiger charge is 2.37. The molecule has 0 radical (unpaired) electrons. The van der Waals surface area contributed by atoms with Crippen LogP contribution >= 0.6 is 11.6 Å². The van der Waals surface area contributed by atoms with Crippen molar-refractivity contribution in [3.8, 4) is 11.5 Å². The zero-order valence-electron chi connectivity index (χ0n) is 14.2. The SMILES string of the molecule is O=C1c2ccc(Oc3ccc(Cl)cc3)cc2C(=O)N1c1ccc([N+](=O)[O-])cc1. The molecule has 0 aromatic heterocycles. The molecule has 0 N–H and O–H groups in total. The second kappa shape index (κ2) is 6.79. The molecule has 0 aliphatic carbocycles. The molecule has 28 heavy (non-hydrogen) atoms. The van der Waals surface area contributed by atoms with Gasteiger partial charge in [0, 0.05) is 17.2 Å². The van der Waals surface area contributed by atoms with Crippen molar-refractivity contribution in [1.29, 1.82) is 0 Å². The molecule has 1 aliphatic rings. The van der Waals surface area contributed by atoms with Crippen molar-refractivity contribution in [3.63, 3.8) is 0 Å². The number of non-ortho nitro benzene ring substituents is 1. The molecule has 2 amide bonds. The highest BCUT2D eigenvalue weighted by Crippen LogP contribution is 2.33. The van der Waals surface area contributed by atoms with Crippen molar-refractivity contribution < 1.29 is 19.2 Å². The molecule has 0 fully saturated rings. The maximum atomic E-state index is 12.8. The van der Waals surface area contributed by atoms with E-state index in [9.17, 15) is 19.7 Å². The summed E-state index contributed by atoms with van der Waals surface area (Å²) in [6.45, 7) is 0. The van der Waals surface area contributed by atoms with Crippen LogP contribution in [0.5, 0.6) is 11.5 Å². The number of carbonyl (C=O) groups is 2. The Morgan fingerprint density at radius 2 is 1.43 bits per heavy atom. The molecule has 138 valence electrons. The third-order valence-electron chi connectivity index (χ3n) is 4.23. The number of hydrogen-bond acceptors (Lipinski definition) is 5. The number of nitro groups is 1. The summed E-state index contributed by atoms with van der Waals surface area (Å²) in [6.07, 6.45) is 0. The smallest absolute Gasteiger partial charge is 0.269 e. The molecular formula is C20H11ClN2O5. The Kier molecular flexibility index (Phi) is 4.29. The molecule has 8 heteroatoms. The minimum absolute atomic E-state index is 0.126. The van der Waals surface area contributed by atoms with Crippen molar-refractivity contribution >= 4 is 34.8 Å². The summed E-state index contributed by atoms with van der Waals surface area (Å²) in [5.74, 6) is -0.0802. The highest BCUT2D eigenvalue weighted by atomic mass is 35.5. The molecule has 0 bridgehead atoms. The van der Waals surface area contributed by atoms with Gasteiger partial charge in [0.1, 0.15) is 11.5 Å². The monoisotopic (exact) mass is 394 g/mol. The number of imide groups is 1. The van der Waals surface area contributed by atoms with E-state index >= 15 is 0 Å². The number of amides is 2. The second-order valence-corrected chi connectivity index (χ2v) is 6.42. The number of nitro benzene ring substituents is 1. The third-order valence-corrected chi connectivity index (χ3v) is 4.48. The van der Waals surface area contributed by atoms with Gasteiger partial charge in [0.15, 0.2) is 0 Å². The van der Waals surface area contributed by atoms with Crippen LogP contribution in [0.15, 0.2) is 66.7 Å². The first kappa shape index (κ1) is 17.7. The Labute approximate surface area is 163 Å². The molecule has 0 unspecified atom stereocenters. The summed E-state index contributed by atoms with van der Waals surface area (Å²) in [7, 11) is 0. The first-order valence-corrected chi connectivity index (χ1v) is 8.52. The minimum Gasteiger partial charge on any atom is -0.457 e. The normalized spacial score (nSPS) is 12.8. The summed E-state index contributed by atoms with van der Waals surface area (Å²) >= 11 is 5.85. The first-order valence-electron chi connectivity index (χ1n) is 8.15. The lowest BCUT2D eigenvalue weighted by molar-refractivity contribution is -0.384. The van der Waals surface area contributed by atoms with Crippen LogP contribution in [0.1, 0.15) is 20.7 Å². The van der Waals surface area contributed by atoms with Gasteiger partial charge in [-0.1, -0.05) is 11.6 Å². The molecule has 7 nitrogen and oxygen atoms in total. The number of carbonyl (C=O) groups excluding carboxylic acids is 2. The Hall–Kier alpha value is -3.71. The minimum atomic E-state index is -0.549. The van der Waals surface area contributed by atoms with Crippen molar-refractivity contribution in [2.75, 3.05) is 4.90 Å². The summed E-state index contributed by atoms with van der Waals surface area (Å²) in [4.78, 5) is 36.6. The molecule has 0 saturated carbocycles. The Bertz CT molecular complexity index is 1110. The van der Waals surface area contributed by atoms with Gasteiger partial charge in [-0.05, 0) is 54.6 Å². The van der Waals surface area contributed by atoms with E-state index in [1.807, 2.05) is 0 Å². The van der Waals surface area contributed by atoms with E-state index in [-0.39, 0.29) is 22.5 Å². The molecular weight excluding hydrogens is 384 g/mol. The van der Waals surface area contributed by atoms with E-state index in [1.54, 1.807) is 30.3 Å². The maximum Gasteiger partial charge on any atom is 0.269 e. The van der Waals surface area contributed by atoms with Crippen LogP contribution in [0.2, 0.25) is 5.02 Å². The van der Waals surface area contributed by atoms with Crippen LogP contribution in [0.4, 0.5) is 11.4 Å². The van der Waals surface area contributed by atoms with E-state index in [0.717, 1.165) is 4.90 Å². The van der Waals surface area contributed by atoms with Crippen molar-refractivity contribution in [2.45, 2.75) is 0 Å². The van der Waals surface area contributed by atoms with Gasteiger partial charge in [-0.15, -0.1) is 0 Å². The third kappa shape index (κ3) is 3.08. The Morgan fingerprint density at radius 1 is 0.821 bits per heavy atom. The van der Waals surface area contributed by atoms with Crippen molar-refractivity contribution in [2.24, 2.45) is 0 Å². The van der Waals surface area contributed by atoms with Gasteiger partial charge in [0.2, 0.25) is 0 Å². The van der Waals surface area contributed by atoms with Gasteiger partial charge < -0.3 is 4.74 Å². The predicted octanol–water partition coefficient (Wildman–Crippen LogP) is 4.84. The lowest BCUT2D eigenvalue weighted by atomic mass is 10.1. The molecule has 3 aromatic rings. The number of ether oxygens (including phenoxy) is 1. The van der Waals surface area contributed by atoms with Crippen LogP contribution in [0, 0.1) is 10.1 Å². The van der Waals surface area contributed by atoms with Crippen molar-refractivity contribution in [3.05, 3.63) is 93.0 Å². The summed E-state index contributed by atoms with van der Waals surface area (Å²) in [6, 6.07) is 16.6. The van der Waals surface area contributed by atoms with E-state index in [0.29, 0.717) is 16.5 Å². The van der Waals surface area contributed by atoms with Gasteiger partial charge in [-0.3, -0.25) is 19.7 Å². The largest absolute Gasteiger partial charge is 0.457 e. The van der Waals surface area contributed by atoms with E-state index < -0.39 is 16.7 Å². The quantitative estimate of drug-likeness (QED) is 0.359. The summed E-state index contributed by atoms with van der Waals surface area (Å²) in [5.41, 5.74) is 0.581.